The summed E-state index contributed by atoms with van der Waals surface area (Å²) >= 11 is 0. The van der Waals surface area contributed by atoms with Gasteiger partial charge in [0.1, 0.15) is 11.3 Å². The maximum Gasteiger partial charge on any atom is 0.277 e. The molecule has 5 rings (SSSR count). The number of para-hydroxylation sites is 2. The zero-order valence-corrected chi connectivity index (χ0v) is 14.6. The molecule has 7 nitrogen and oxygen atoms in total. The van der Waals surface area contributed by atoms with Crippen molar-refractivity contribution in [1.29, 1.82) is 0 Å². The monoisotopic (exact) mass is 360 g/mol. The van der Waals surface area contributed by atoms with Crippen LogP contribution in [0, 0.1) is 0 Å². The molecular formula is C20H16N4O3. The van der Waals surface area contributed by atoms with Crippen molar-refractivity contribution in [3.05, 3.63) is 70.9 Å². The fourth-order valence-electron chi connectivity index (χ4n) is 3.55. The Hall–Kier alpha value is -3.61. The minimum atomic E-state index is -0.0999. The van der Waals surface area contributed by atoms with E-state index >= 15 is 0 Å². The van der Waals surface area contributed by atoms with Crippen LogP contribution >= 0.6 is 0 Å². The lowest BCUT2D eigenvalue weighted by Crippen LogP contribution is -2.35. The molecule has 2 aromatic heterocycles. The highest BCUT2D eigenvalue weighted by Crippen LogP contribution is 2.32. The van der Waals surface area contributed by atoms with Gasteiger partial charge in [0.2, 0.25) is 0 Å². The quantitative estimate of drug-likeness (QED) is 0.549. The van der Waals surface area contributed by atoms with Crippen molar-refractivity contribution in [2.45, 2.75) is 6.54 Å². The summed E-state index contributed by atoms with van der Waals surface area (Å²) in [5, 5.41) is 0. The second-order valence-electron chi connectivity index (χ2n) is 6.57. The normalized spacial score (nSPS) is 13.8. The second-order valence-corrected chi connectivity index (χ2v) is 6.57. The molecule has 0 bridgehead atoms. The summed E-state index contributed by atoms with van der Waals surface area (Å²) in [6.07, 6.45) is 3.24. The van der Waals surface area contributed by atoms with Gasteiger partial charge in [-0.2, -0.15) is 0 Å². The van der Waals surface area contributed by atoms with E-state index in [0.29, 0.717) is 17.8 Å². The van der Waals surface area contributed by atoms with E-state index in [4.69, 9.17) is 4.74 Å². The van der Waals surface area contributed by atoms with Gasteiger partial charge in [-0.3, -0.25) is 14.0 Å². The Bertz CT molecular complexity index is 1270. The molecule has 1 aliphatic rings. The number of carbonyl (C=O) groups excluding carboxylic acids is 1. The molecule has 3 heterocycles. The van der Waals surface area contributed by atoms with Crippen LogP contribution in [-0.2, 0) is 11.3 Å². The molecule has 0 spiro atoms. The molecule has 0 atom stereocenters. The van der Waals surface area contributed by atoms with E-state index in [1.54, 1.807) is 29.0 Å². The van der Waals surface area contributed by atoms with Crippen LogP contribution in [-0.4, -0.2) is 33.5 Å². The molecule has 0 saturated heterocycles. The van der Waals surface area contributed by atoms with E-state index in [0.717, 1.165) is 22.3 Å². The summed E-state index contributed by atoms with van der Waals surface area (Å²) in [7, 11) is 1.73. The van der Waals surface area contributed by atoms with Gasteiger partial charge in [0, 0.05) is 7.05 Å². The second kappa shape index (κ2) is 5.70. The van der Waals surface area contributed by atoms with Gasteiger partial charge in [-0.15, -0.1) is 0 Å². The zero-order chi connectivity index (χ0) is 18.5. The number of hydrogen-bond acceptors (Lipinski definition) is 4. The summed E-state index contributed by atoms with van der Waals surface area (Å²) < 4.78 is 9.12. The maximum absolute atomic E-state index is 13.0. The molecule has 0 unspecified atom stereocenters. The van der Waals surface area contributed by atoms with Gasteiger partial charge in [0.15, 0.2) is 6.61 Å². The molecule has 4 aromatic rings. The van der Waals surface area contributed by atoms with Crippen LogP contribution < -0.4 is 15.2 Å². The molecule has 0 fully saturated rings. The topological polar surface area (TPSA) is 68.8 Å². The minimum absolute atomic E-state index is 0.0254. The average molecular weight is 360 g/mol. The molecule has 1 amide bonds. The van der Waals surface area contributed by atoms with Crippen LogP contribution in [0.25, 0.3) is 16.6 Å². The van der Waals surface area contributed by atoms with E-state index in [1.807, 2.05) is 46.9 Å². The number of carbonyl (C=O) groups is 1. The number of imidazole rings is 1. The summed E-state index contributed by atoms with van der Waals surface area (Å²) in [5.74, 6) is 0.570. The predicted molar refractivity (Wildman–Crippen MR) is 101 cm³/mol. The fourth-order valence-corrected chi connectivity index (χ4v) is 3.55. The highest BCUT2D eigenvalue weighted by atomic mass is 16.5. The van der Waals surface area contributed by atoms with Crippen LogP contribution in [0.3, 0.4) is 0 Å². The Kier molecular flexibility index (Phi) is 3.30. The van der Waals surface area contributed by atoms with Crippen LogP contribution in [0.4, 0.5) is 5.69 Å². The lowest BCUT2D eigenvalue weighted by Gasteiger charge is -2.26. The molecule has 0 N–H and O–H groups in total. The van der Waals surface area contributed by atoms with Crippen molar-refractivity contribution < 1.29 is 9.53 Å². The molecule has 27 heavy (non-hydrogen) atoms. The Balaban J connectivity index is 1.66. The van der Waals surface area contributed by atoms with E-state index in [1.165, 1.54) is 0 Å². The van der Waals surface area contributed by atoms with Crippen LogP contribution in [0.5, 0.6) is 5.75 Å². The molecule has 134 valence electrons. The number of rotatable bonds is 2. The largest absolute Gasteiger partial charge is 0.482 e. The first-order chi connectivity index (χ1) is 13.1. The van der Waals surface area contributed by atoms with Gasteiger partial charge in [-0.25, -0.2) is 4.98 Å². The lowest BCUT2D eigenvalue weighted by atomic mass is 10.1. The van der Waals surface area contributed by atoms with E-state index in [2.05, 4.69) is 4.98 Å². The first-order valence-corrected chi connectivity index (χ1v) is 8.59. The first kappa shape index (κ1) is 15.6. The van der Waals surface area contributed by atoms with E-state index < -0.39 is 0 Å². The number of benzene rings is 2. The van der Waals surface area contributed by atoms with Crippen molar-refractivity contribution in [2.75, 3.05) is 18.6 Å². The van der Waals surface area contributed by atoms with Crippen molar-refractivity contribution in [3.63, 3.8) is 0 Å². The molecule has 7 heteroatoms. The van der Waals surface area contributed by atoms with Gasteiger partial charge in [0.05, 0.1) is 35.8 Å². The van der Waals surface area contributed by atoms with Crippen molar-refractivity contribution in [3.8, 4) is 5.75 Å². The lowest BCUT2D eigenvalue weighted by molar-refractivity contribution is -0.120. The smallest absolute Gasteiger partial charge is 0.277 e. The summed E-state index contributed by atoms with van der Waals surface area (Å²) in [4.78, 5) is 30.5. The molecule has 2 aromatic carbocycles. The third-order valence-electron chi connectivity index (χ3n) is 4.99. The predicted octanol–water partition coefficient (Wildman–Crippen LogP) is 2.05. The van der Waals surface area contributed by atoms with Crippen molar-refractivity contribution in [1.82, 2.24) is 14.0 Å². The first-order valence-electron chi connectivity index (χ1n) is 8.59. The van der Waals surface area contributed by atoms with E-state index in [-0.39, 0.29) is 18.1 Å². The van der Waals surface area contributed by atoms with Gasteiger partial charge >= 0.3 is 0 Å². The molecule has 0 radical (unpaired) electrons. The van der Waals surface area contributed by atoms with Gasteiger partial charge in [-0.1, -0.05) is 18.2 Å². The summed E-state index contributed by atoms with van der Waals surface area (Å²) in [6.45, 7) is 0.424. The highest BCUT2D eigenvalue weighted by molar-refractivity contribution is 5.97. The number of anilines is 1. The molecule has 1 aliphatic heterocycles. The zero-order valence-electron chi connectivity index (χ0n) is 14.6. The third kappa shape index (κ3) is 2.32. The van der Waals surface area contributed by atoms with Gasteiger partial charge < -0.3 is 14.2 Å². The summed E-state index contributed by atoms with van der Waals surface area (Å²) in [6, 6.07) is 13.4. The standard InChI is InChI=1S/C20H16N4O3/c1-22-16-7-6-13(8-18(16)27-11-19(22)25)10-23-14-4-2-3-5-15(14)24-12-21-9-17(24)20(23)26/h2-9,12H,10-11H2,1H3. The Morgan fingerprint density at radius 2 is 1.89 bits per heavy atom. The number of amides is 1. The Morgan fingerprint density at radius 1 is 1.07 bits per heavy atom. The van der Waals surface area contributed by atoms with Gasteiger partial charge in [0.25, 0.3) is 11.5 Å². The minimum Gasteiger partial charge on any atom is -0.482 e. The fraction of sp³-hybridized carbons (Fsp3) is 0.150. The maximum atomic E-state index is 13.0. The average Bonchev–Trinajstić information content (AvgIpc) is 3.18. The third-order valence-corrected chi connectivity index (χ3v) is 4.99. The molecular weight excluding hydrogens is 344 g/mol. The van der Waals surface area contributed by atoms with Crippen molar-refractivity contribution in [2.24, 2.45) is 0 Å². The SMILES string of the molecule is CN1C(=O)COc2cc(Cn3c(=O)c4cncn4c4ccccc43)ccc21. The van der Waals surface area contributed by atoms with E-state index in [9.17, 15) is 9.59 Å². The number of fused-ring (bicyclic) bond motifs is 4. The van der Waals surface area contributed by atoms with Crippen LogP contribution in [0.15, 0.2) is 59.8 Å². The van der Waals surface area contributed by atoms with Crippen LogP contribution in [0.1, 0.15) is 5.56 Å². The van der Waals surface area contributed by atoms with Crippen LogP contribution in [0.2, 0.25) is 0 Å². The number of ether oxygens (including phenoxy) is 1. The van der Waals surface area contributed by atoms with Gasteiger partial charge in [-0.05, 0) is 29.8 Å². The number of aromatic nitrogens is 3. The number of hydrogen-bond donors (Lipinski definition) is 0. The van der Waals surface area contributed by atoms with Crippen molar-refractivity contribution >= 4 is 28.1 Å². The number of nitrogens with zero attached hydrogens (tertiary/aromatic N) is 4. The number of likely N-dealkylation sites (N-methyl/N-ethyl adjacent to an activating group) is 1. The highest BCUT2D eigenvalue weighted by Gasteiger charge is 2.22. The molecule has 0 saturated carbocycles. The summed E-state index contributed by atoms with van der Waals surface area (Å²) in [5.41, 5.74) is 3.85. The Morgan fingerprint density at radius 3 is 2.74 bits per heavy atom. The Labute approximate surface area is 154 Å². The molecule has 0 aliphatic carbocycles.